The third-order valence-corrected chi connectivity index (χ3v) is 4.14. The fourth-order valence-corrected chi connectivity index (χ4v) is 2.79. The van der Waals surface area contributed by atoms with Crippen LogP contribution in [-0.2, 0) is 0 Å². The second-order valence-corrected chi connectivity index (χ2v) is 5.27. The smallest absolute Gasteiger partial charge is 0.0218 e. The first-order valence-corrected chi connectivity index (χ1v) is 6.24. The molecule has 14 heavy (non-hydrogen) atoms. The molecule has 2 fully saturated rings. The molecule has 0 aliphatic heterocycles. The van der Waals surface area contributed by atoms with Crippen LogP contribution in [0.3, 0.4) is 0 Å². The molecule has 3 unspecified atom stereocenters. The van der Waals surface area contributed by atoms with Crippen LogP contribution < -0.4 is 11.1 Å². The third kappa shape index (κ3) is 2.48. The van der Waals surface area contributed by atoms with E-state index in [-0.39, 0.29) is 0 Å². The van der Waals surface area contributed by atoms with Gasteiger partial charge in [0.2, 0.25) is 0 Å². The van der Waals surface area contributed by atoms with Gasteiger partial charge >= 0.3 is 0 Å². The molecule has 0 heterocycles. The Morgan fingerprint density at radius 3 is 2.50 bits per heavy atom. The number of nitrogens with one attached hydrogen (secondary N) is 1. The minimum absolute atomic E-state index is 0.602. The van der Waals surface area contributed by atoms with Crippen molar-refractivity contribution in [3.63, 3.8) is 0 Å². The van der Waals surface area contributed by atoms with Crippen LogP contribution in [0, 0.1) is 17.8 Å². The Hall–Kier alpha value is -0.0800. The minimum Gasteiger partial charge on any atom is -0.329 e. The van der Waals surface area contributed by atoms with Gasteiger partial charge in [-0.3, -0.25) is 0 Å². The molecule has 0 aromatic rings. The zero-order valence-corrected chi connectivity index (χ0v) is 9.34. The van der Waals surface area contributed by atoms with Crippen molar-refractivity contribution in [2.75, 3.05) is 13.1 Å². The molecule has 0 amide bonds. The molecule has 2 saturated carbocycles. The first-order valence-electron chi connectivity index (χ1n) is 6.24. The van der Waals surface area contributed by atoms with Crippen molar-refractivity contribution in [2.45, 2.75) is 45.1 Å². The largest absolute Gasteiger partial charge is 0.329 e. The van der Waals surface area contributed by atoms with Crippen molar-refractivity contribution in [1.82, 2.24) is 5.32 Å². The van der Waals surface area contributed by atoms with Gasteiger partial charge in [-0.25, -0.2) is 0 Å². The number of nitrogens with two attached hydrogens (primary N) is 1. The summed E-state index contributed by atoms with van der Waals surface area (Å²) in [5, 5.41) is 3.68. The maximum absolute atomic E-state index is 5.83. The zero-order chi connectivity index (χ0) is 9.97. The van der Waals surface area contributed by atoms with Crippen molar-refractivity contribution >= 4 is 0 Å². The molecule has 0 saturated heterocycles. The van der Waals surface area contributed by atoms with Crippen LogP contribution in [0.1, 0.15) is 39.0 Å². The summed E-state index contributed by atoms with van der Waals surface area (Å²) < 4.78 is 0. The van der Waals surface area contributed by atoms with Crippen LogP contribution in [-0.4, -0.2) is 19.1 Å². The molecule has 2 heteroatoms. The first-order chi connectivity index (χ1) is 6.81. The van der Waals surface area contributed by atoms with Crippen LogP contribution in [0.2, 0.25) is 0 Å². The minimum atomic E-state index is 0.602. The molecule has 2 rings (SSSR count). The van der Waals surface area contributed by atoms with E-state index in [2.05, 4.69) is 12.2 Å². The van der Waals surface area contributed by atoms with Crippen LogP contribution in [0.5, 0.6) is 0 Å². The predicted molar refractivity (Wildman–Crippen MR) is 60.1 cm³/mol. The van der Waals surface area contributed by atoms with Crippen molar-refractivity contribution in [2.24, 2.45) is 23.5 Å². The average Bonchev–Trinajstić information content (AvgIpc) is 2.70. The maximum Gasteiger partial charge on any atom is 0.0218 e. The van der Waals surface area contributed by atoms with Crippen LogP contribution in [0.4, 0.5) is 0 Å². The predicted octanol–water partition coefficient (Wildman–Crippen LogP) is 1.75. The summed E-state index contributed by atoms with van der Waals surface area (Å²) in [6.45, 7) is 4.38. The van der Waals surface area contributed by atoms with E-state index < -0.39 is 0 Å². The van der Waals surface area contributed by atoms with Crippen LogP contribution >= 0.6 is 0 Å². The van der Waals surface area contributed by atoms with Crippen molar-refractivity contribution < 1.29 is 0 Å². The Bertz CT molecular complexity index is 175. The molecule has 3 atom stereocenters. The van der Waals surface area contributed by atoms with E-state index in [1.807, 2.05) is 0 Å². The maximum atomic E-state index is 5.83. The average molecular weight is 196 g/mol. The lowest BCUT2D eigenvalue weighted by Gasteiger charge is -2.23. The van der Waals surface area contributed by atoms with Crippen molar-refractivity contribution in [3.05, 3.63) is 0 Å². The molecule has 2 nitrogen and oxygen atoms in total. The lowest BCUT2D eigenvalue weighted by atomic mass is 9.98. The molecular formula is C12H24N2. The van der Waals surface area contributed by atoms with Gasteiger partial charge < -0.3 is 11.1 Å². The lowest BCUT2D eigenvalue weighted by molar-refractivity contribution is 0.358. The highest BCUT2D eigenvalue weighted by molar-refractivity contribution is 4.88. The molecule has 0 radical (unpaired) electrons. The van der Waals surface area contributed by atoms with E-state index >= 15 is 0 Å². The molecule has 82 valence electrons. The molecular weight excluding hydrogens is 172 g/mol. The summed E-state index contributed by atoms with van der Waals surface area (Å²) in [6.07, 6.45) is 7.06. The summed E-state index contributed by atoms with van der Waals surface area (Å²) in [4.78, 5) is 0. The van der Waals surface area contributed by atoms with Crippen LogP contribution in [0.15, 0.2) is 0 Å². The van der Waals surface area contributed by atoms with E-state index in [1.165, 1.54) is 38.6 Å². The molecule has 3 N–H and O–H groups in total. The SMILES string of the molecule is CC1CC1CNC(CN)C1CCCC1. The Morgan fingerprint density at radius 2 is 2.00 bits per heavy atom. The molecule has 2 aliphatic rings. The fraction of sp³-hybridized carbons (Fsp3) is 1.00. The van der Waals surface area contributed by atoms with E-state index in [0.717, 1.165) is 24.3 Å². The number of hydrogen-bond donors (Lipinski definition) is 2. The fourth-order valence-electron chi connectivity index (χ4n) is 2.79. The van der Waals surface area contributed by atoms with Gasteiger partial charge in [0, 0.05) is 12.6 Å². The van der Waals surface area contributed by atoms with Crippen molar-refractivity contribution in [3.8, 4) is 0 Å². The van der Waals surface area contributed by atoms with E-state index in [4.69, 9.17) is 5.73 Å². The van der Waals surface area contributed by atoms with E-state index in [9.17, 15) is 0 Å². The summed E-state index contributed by atoms with van der Waals surface area (Å²) in [5.74, 6) is 2.78. The highest BCUT2D eigenvalue weighted by Crippen LogP contribution is 2.37. The Balaban J connectivity index is 1.69. The van der Waals surface area contributed by atoms with Gasteiger partial charge in [0.15, 0.2) is 0 Å². The Kier molecular flexibility index (Phi) is 3.45. The number of rotatable bonds is 5. The van der Waals surface area contributed by atoms with Gasteiger partial charge in [-0.2, -0.15) is 0 Å². The van der Waals surface area contributed by atoms with Gasteiger partial charge in [0.25, 0.3) is 0 Å². The lowest BCUT2D eigenvalue weighted by Crippen LogP contribution is -2.42. The van der Waals surface area contributed by atoms with Gasteiger partial charge in [-0.1, -0.05) is 19.8 Å². The highest BCUT2D eigenvalue weighted by atomic mass is 15.0. The van der Waals surface area contributed by atoms with Crippen LogP contribution in [0.25, 0.3) is 0 Å². The Morgan fingerprint density at radius 1 is 1.36 bits per heavy atom. The first kappa shape index (κ1) is 10.4. The van der Waals surface area contributed by atoms with E-state index in [1.54, 1.807) is 0 Å². The molecule has 2 aliphatic carbocycles. The summed E-state index contributed by atoms with van der Waals surface area (Å²) in [6, 6.07) is 0.602. The van der Waals surface area contributed by atoms with Gasteiger partial charge in [-0.15, -0.1) is 0 Å². The quantitative estimate of drug-likeness (QED) is 0.703. The topological polar surface area (TPSA) is 38.0 Å². The second-order valence-electron chi connectivity index (χ2n) is 5.27. The third-order valence-electron chi connectivity index (χ3n) is 4.14. The van der Waals surface area contributed by atoms with Gasteiger partial charge in [0.05, 0.1) is 0 Å². The molecule has 0 aromatic carbocycles. The molecule has 0 spiro atoms. The highest BCUT2D eigenvalue weighted by Gasteiger charge is 2.33. The second kappa shape index (κ2) is 4.63. The van der Waals surface area contributed by atoms with Crippen molar-refractivity contribution in [1.29, 1.82) is 0 Å². The monoisotopic (exact) mass is 196 g/mol. The zero-order valence-electron chi connectivity index (χ0n) is 9.34. The summed E-state index contributed by atoms with van der Waals surface area (Å²) in [7, 11) is 0. The Labute approximate surface area is 87.6 Å². The summed E-state index contributed by atoms with van der Waals surface area (Å²) >= 11 is 0. The van der Waals surface area contributed by atoms with E-state index in [0.29, 0.717) is 6.04 Å². The molecule has 0 bridgehead atoms. The normalized spacial score (nSPS) is 34.7. The standard InChI is InChI=1S/C12H24N2/c1-9-6-11(9)8-14-12(7-13)10-4-2-3-5-10/h9-12,14H,2-8,13H2,1H3. The van der Waals surface area contributed by atoms with Gasteiger partial charge in [0.1, 0.15) is 0 Å². The summed E-state index contributed by atoms with van der Waals surface area (Å²) in [5.41, 5.74) is 5.83. The van der Waals surface area contributed by atoms with Gasteiger partial charge in [-0.05, 0) is 43.6 Å². The molecule has 0 aromatic heterocycles. The number of hydrogen-bond acceptors (Lipinski definition) is 2.